The summed E-state index contributed by atoms with van der Waals surface area (Å²) in [6, 6.07) is 0. The second-order valence-electron chi connectivity index (χ2n) is 9.85. The molecule has 2 aromatic heterocycles. The first-order valence-electron chi connectivity index (χ1n) is 12.7. The highest BCUT2D eigenvalue weighted by atomic mass is 31.2. The Morgan fingerprint density at radius 1 is 1.21 bits per heavy atom. The molecular weight excluding hydrogens is 515 g/mol. The Balaban J connectivity index is 2.14. The summed E-state index contributed by atoms with van der Waals surface area (Å²) in [5.74, 6) is -0.328. The molecule has 0 saturated heterocycles. The minimum absolute atomic E-state index is 0.105. The van der Waals surface area contributed by atoms with Crippen molar-refractivity contribution in [1.82, 2.24) is 24.6 Å². The number of aromatic nitrogens is 4. The van der Waals surface area contributed by atoms with Crippen LogP contribution in [0.2, 0.25) is 0 Å². The third-order valence-electron chi connectivity index (χ3n) is 5.40. The third kappa shape index (κ3) is 9.70. The van der Waals surface area contributed by atoms with E-state index in [0.29, 0.717) is 24.0 Å². The maximum Gasteiger partial charge on any atom is 0.326 e. The van der Waals surface area contributed by atoms with Gasteiger partial charge in [0.1, 0.15) is 29.8 Å². The van der Waals surface area contributed by atoms with Gasteiger partial charge in [0.15, 0.2) is 17.8 Å². The maximum atomic E-state index is 14.0. The lowest BCUT2D eigenvalue weighted by Crippen LogP contribution is -2.47. The Bertz CT molecular complexity index is 1090. The third-order valence-corrected chi connectivity index (χ3v) is 7.40. The van der Waals surface area contributed by atoms with Gasteiger partial charge in [0.05, 0.1) is 38.3 Å². The van der Waals surface area contributed by atoms with Crippen molar-refractivity contribution in [2.75, 3.05) is 25.3 Å². The molecule has 13 nitrogen and oxygen atoms in total. The summed E-state index contributed by atoms with van der Waals surface area (Å²) in [6.07, 6.45) is 3.86. The fraction of sp³-hybridized carbons (Fsp3) is 0.708. The van der Waals surface area contributed by atoms with Gasteiger partial charge in [-0.25, -0.2) is 20.0 Å². The van der Waals surface area contributed by atoms with Gasteiger partial charge in [0, 0.05) is 0 Å². The van der Waals surface area contributed by atoms with Crippen molar-refractivity contribution in [2.24, 2.45) is 0 Å². The lowest BCUT2D eigenvalue weighted by molar-refractivity contribution is -0.149. The number of nitrogen functional groups attached to an aromatic ring is 1. The van der Waals surface area contributed by atoms with Crippen molar-refractivity contribution < 1.29 is 32.9 Å². The zero-order valence-corrected chi connectivity index (χ0v) is 24.0. The van der Waals surface area contributed by atoms with Crippen LogP contribution in [0.25, 0.3) is 11.2 Å². The minimum Gasteiger partial charge on any atom is -0.464 e. The predicted octanol–water partition coefficient (Wildman–Crippen LogP) is 3.07. The van der Waals surface area contributed by atoms with E-state index in [9.17, 15) is 14.2 Å². The monoisotopic (exact) mass is 556 g/mol. The Labute approximate surface area is 223 Å². The van der Waals surface area contributed by atoms with Crippen LogP contribution in [0.4, 0.5) is 5.82 Å². The van der Waals surface area contributed by atoms with Crippen LogP contribution in [0.1, 0.15) is 60.8 Å². The molecule has 0 radical (unpaired) electrons. The SMILES string of the molecule is CCCCCOC(=O)C(C)(C)NP(=O)(COC(C)Cn1cnc2c(N)ncnc21)OC(C=O)COC(C)C. The number of nitrogens with two attached hydrogens (primary N) is 1. The summed E-state index contributed by atoms with van der Waals surface area (Å²) in [4.78, 5) is 36.8. The molecule has 0 aliphatic heterocycles. The Morgan fingerprint density at radius 2 is 1.95 bits per heavy atom. The molecule has 214 valence electrons. The van der Waals surface area contributed by atoms with Crippen molar-refractivity contribution in [3.8, 4) is 0 Å². The van der Waals surface area contributed by atoms with Gasteiger partial charge >= 0.3 is 5.97 Å². The van der Waals surface area contributed by atoms with Gasteiger partial charge in [-0.1, -0.05) is 19.8 Å². The number of carbonyl (C=O) groups excluding carboxylic acids is 2. The second-order valence-corrected chi connectivity index (χ2v) is 11.9. The average molecular weight is 557 g/mol. The van der Waals surface area contributed by atoms with E-state index in [-0.39, 0.29) is 25.1 Å². The first-order chi connectivity index (χ1) is 17.9. The summed E-state index contributed by atoms with van der Waals surface area (Å²) in [7, 11) is -3.93. The highest BCUT2D eigenvalue weighted by Crippen LogP contribution is 2.46. The zero-order valence-electron chi connectivity index (χ0n) is 23.1. The van der Waals surface area contributed by atoms with Crippen molar-refractivity contribution in [1.29, 1.82) is 0 Å². The van der Waals surface area contributed by atoms with Crippen LogP contribution in [0.5, 0.6) is 0 Å². The minimum atomic E-state index is -3.93. The van der Waals surface area contributed by atoms with E-state index < -0.39 is 37.6 Å². The van der Waals surface area contributed by atoms with E-state index >= 15 is 0 Å². The average Bonchev–Trinajstić information content (AvgIpc) is 3.26. The van der Waals surface area contributed by atoms with Gasteiger partial charge in [0.25, 0.3) is 7.52 Å². The predicted molar refractivity (Wildman–Crippen MR) is 142 cm³/mol. The van der Waals surface area contributed by atoms with Gasteiger partial charge in [-0.3, -0.25) is 9.36 Å². The molecular formula is C24H41N6O7P. The Hall–Kier alpha value is -2.44. The number of imidazole rings is 1. The van der Waals surface area contributed by atoms with Crippen LogP contribution >= 0.6 is 7.52 Å². The van der Waals surface area contributed by atoms with Gasteiger partial charge in [-0.2, -0.15) is 0 Å². The summed E-state index contributed by atoms with van der Waals surface area (Å²) in [5.41, 5.74) is 5.47. The van der Waals surface area contributed by atoms with E-state index in [1.807, 2.05) is 6.92 Å². The fourth-order valence-electron chi connectivity index (χ4n) is 3.45. The number of anilines is 1. The quantitative estimate of drug-likeness (QED) is 0.119. The van der Waals surface area contributed by atoms with E-state index in [2.05, 4.69) is 20.0 Å². The number of aldehydes is 1. The molecule has 14 heteroatoms. The maximum absolute atomic E-state index is 14.0. The smallest absolute Gasteiger partial charge is 0.326 e. The molecule has 0 aliphatic rings. The number of esters is 1. The van der Waals surface area contributed by atoms with Crippen LogP contribution in [-0.2, 0) is 39.4 Å². The molecule has 3 atom stereocenters. The fourth-order valence-corrected chi connectivity index (χ4v) is 5.57. The second kappa shape index (κ2) is 14.6. The normalized spacial score (nSPS) is 15.3. The molecule has 0 aliphatic carbocycles. The zero-order chi connectivity index (χ0) is 28.3. The number of hydrogen-bond donors (Lipinski definition) is 2. The number of ether oxygens (including phenoxy) is 3. The number of unbranched alkanes of at least 4 members (excludes halogenated alkanes) is 2. The molecule has 3 unspecified atom stereocenters. The Kier molecular flexibility index (Phi) is 12.2. The number of nitrogens with zero attached hydrogens (tertiary/aromatic N) is 4. The van der Waals surface area contributed by atoms with Gasteiger partial charge in [0.2, 0.25) is 0 Å². The molecule has 0 aromatic carbocycles. The molecule has 0 spiro atoms. The van der Waals surface area contributed by atoms with Crippen LogP contribution in [-0.4, -0.2) is 75.2 Å². The summed E-state index contributed by atoms with van der Waals surface area (Å²) < 4.78 is 38.1. The lowest BCUT2D eigenvalue weighted by atomic mass is 10.1. The molecule has 0 fully saturated rings. The molecule has 0 amide bonds. The summed E-state index contributed by atoms with van der Waals surface area (Å²) in [6.45, 7) is 11.0. The lowest BCUT2D eigenvalue weighted by Gasteiger charge is -2.31. The molecule has 3 N–H and O–H groups in total. The van der Waals surface area contributed by atoms with Crippen LogP contribution in [0, 0.1) is 0 Å². The van der Waals surface area contributed by atoms with E-state index in [1.54, 1.807) is 31.7 Å². The number of nitrogens with one attached hydrogen (secondary N) is 1. The van der Waals surface area contributed by atoms with Crippen LogP contribution < -0.4 is 10.8 Å². The number of carbonyl (C=O) groups is 2. The van der Waals surface area contributed by atoms with Gasteiger partial charge in [-0.15, -0.1) is 0 Å². The first-order valence-corrected chi connectivity index (χ1v) is 14.6. The van der Waals surface area contributed by atoms with E-state index in [1.165, 1.54) is 20.2 Å². The number of hydrogen-bond acceptors (Lipinski definition) is 11. The molecule has 0 saturated carbocycles. The number of rotatable bonds is 18. The van der Waals surface area contributed by atoms with Crippen molar-refractivity contribution in [3.63, 3.8) is 0 Å². The topological polar surface area (TPSA) is 170 Å². The molecule has 2 heterocycles. The standard InChI is InChI=1S/C24H41N6O7P/c1-7-8-9-10-34-23(32)24(5,6)29-38(33,37-19(12-31)13-35-17(2)3)16-36-18(4)11-30-15-28-20-21(25)26-14-27-22(20)30/h12,14-15,17-19H,7-11,13,16H2,1-6H3,(H,29,33)(H2,25,26,27). The van der Waals surface area contributed by atoms with Crippen molar-refractivity contribution in [3.05, 3.63) is 12.7 Å². The highest BCUT2D eigenvalue weighted by Gasteiger charge is 2.40. The van der Waals surface area contributed by atoms with E-state index in [0.717, 1.165) is 19.3 Å². The van der Waals surface area contributed by atoms with Crippen molar-refractivity contribution >= 4 is 36.8 Å². The molecule has 38 heavy (non-hydrogen) atoms. The van der Waals surface area contributed by atoms with Crippen LogP contribution in [0.15, 0.2) is 12.7 Å². The molecule has 2 rings (SSSR count). The summed E-state index contributed by atoms with van der Waals surface area (Å²) >= 11 is 0. The number of fused-ring (bicyclic) bond motifs is 1. The Morgan fingerprint density at radius 3 is 2.61 bits per heavy atom. The van der Waals surface area contributed by atoms with E-state index in [4.69, 9.17) is 24.5 Å². The van der Waals surface area contributed by atoms with Crippen molar-refractivity contribution in [2.45, 2.75) is 91.2 Å². The van der Waals surface area contributed by atoms with Gasteiger partial charge < -0.3 is 33.8 Å². The molecule has 0 bridgehead atoms. The summed E-state index contributed by atoms with van der Waals surface area (Å²) in [5, 5.41) is 2.78. The largest absolute Gasteiger partial charge is 0.464 e. The molecule has 2 aromatic rings. The van der Waals surface area contributed by atoms with Crippen LogP contribution in [0.3, 0.4) is 0 Å². The first kappa shape index (κ1) is 31.8. The highest BCUT2D eigenvalue weighted by molar-refractivity contribution is 7.56. The van der Waals surface area contributed by atoms with Gasteiger partial charge in [-0.05, 0) is 41.0 Å².